The second kappa shape index (κ2) is 7.30. The van der Waals surface area contributed by atoms with Crippen molar-refractivity contribution in [2.45, 2.75) is 13.8 Å². The molecule has 0 amide bonds. The van der Waals surface area contributed by atoms with Gasteiger partial charge in [0.05, 0.1) is 18.9 Å². The van der Waals surface area contributed by atoms with Crippen LogP contribution in [0.4, 0.5) is 0 Å². The summed E-state index contributed by atoms with van der Waals surface area (Å²) in [6.45, 7) is 3.85. The lowest BCUT2D eigenvalue weighted by Crippen LogP contribution is -2.24. The van der Waals surface area contributed by atoms with Crippen molar-refractivity contribution >= 4 is 13.7 Å². The highest BCUT2D eigenvalue weighted by Gasteiger charge is 2.30. The predicted octanol–water partition coefficient (Wildman–Crippen LogP) is 2.82. The van der Waals surface area contributed by atoms with Crippen LogP contribution in [0.15, 0.2) is 23.6 Å². The third-order valence-corrected chi connectivity index (χ3v) is 4.50. The van der Waals surface area contributed by atoms with Crippen LogP contribution < -0.4 is 5.01 Å². The molecule has 20 heavy (non-hydrogen) atoms. The molecule has 7 heteroatoms. The lowest BCUT2D eigenvalue weighted by molar-refractivity contribution is 0.227. The van der Waals surface area contributed by atoms with Crippen molar-refractivity contribution in [3.63, 3.8) is 0 Å². The maximum Gasteiger partial charge on any atom is 0.371 e. The molecule has 1 aromatic heterocycles. The van der Waals surface area contributed by atoms with Gasteiger partial charge in [-0.1, -0.05) is 0 Å². The van der Waals surface area contributed by atoms with Gasteiger partial charge in [0, 0.05) is 20.3 Å². The normalized spacial score (nSPS) is 12.2. The Kier molecular flexibility index (Phi) is 6.03. The first-order valence-corrected chi connectivity index (χ1v) is 7.89. The largest absolute Gasteiger partial charge is 0.371 e. The lowest BCUT2D eigenvalue weighted by Gasteiger charge is -2.18. The van der Waals surface area contributed by atoms with E-state index in [-0.39, 0.29) is 18.5 Å². The topological polar surface area (TPSA) is 67.5 Å². The van der Waals surface area contributed by atoms with Crippen molar-refractivity contribution < 1.29 is 13.6 Å². The second-order valence-electron chi connectivity index (χ2n) is 4.10. The van der Waals surface area contributed by atoms with Crippen LogP contribution in [0.25, 0.3) is 6.08 Å². The van der Waals surface area contributed by atoms with Gasteiger partial charge in [-0.05, 0) is 32.1 Å². The zero-order valence-electron chi connectivity index (χ0n) is 12.2. The van der Waals surface area contributed by atoms with Crippen molar-refractivity contribution in [3.05, 3.63) is 29.3 Å². The van der Waals surface area contributed by atoms with Crippen LogP contribution in [0.5, 0.6) is 0 Å². The molecule has 0 spiro atoms. The third kappa shape index (κ3) is 3.73. The van der Waals surface area contributed by atoms with E-state index in [0.29, 0.717) is 0 Å². The van der Waals surface area contributed by atoms with E-state index in [1.54, 1.807) is 13.8 Å². The van der Waals surface area contributed by atoms with Crippen LogP contribution in [0.1, 0.15) is 19.5 Å². The van der Waals surface area contributed by atoms with Crippen molar-refractivity contribution in [2.75, 3.05) is 32.3 Å². The first kappa shape index (κ1) is 16.5. The molecule has 0 aromatic carbocycles. The molecule has 0 aliphatic carbocycles. The van der Waals surface area contributed by atoms with E-state index in [1.165, 1.54) is 6.08 Å². The summed E-state index contributed by atoms with van der Waals surface area (Å²) in [6.07, 6.45) is 3.37. The Morgan fingerprint density at radius 1 is 1.45 bits per heavy atom. The molecule has 1 aromatic rings. The quantitative estimate of drug-likeness (QED) is 0.572. The maximum atomic E-state index is 12.6. The number of hydrogen-bond donors (Lipinski definition) is 0. The first-order chi connectivity index (χ1) is 9.48. The second-order valence-corrected chi connectivity index (χ2v) is 6.09. The predicted molar refractivity (Wildman–Crippen MR) is 78.9 cm³/mol. The van der Waals surface area contributed by atoms with Crippen LogP contribution in [0.2, 0.25) is 0 Å². The molecule has 0 atom stereocenters. The van der Waals surface area contributed by atoms with Gasteiger partial charge >= 0.3 is 7.60 Å². The smallest absolute Gasteiger partial charge is 0.319 e. The fraction of sp³-hybridized carbons (Fsp3) is 0.462. The molecule has 0 aliphatic heterocycles. The number of hydrogen-bond acceptors (Lipinski definition) is 5. The van der Waals surface area contributed by atoms with Crippen LogP contribution in [0, 0.1) is 11.3 Å². The summed E-state index contributed by atoms with van der Waals surface area (Å²) < 4.78 is 24.8. The highest BCUT2D eigenvalue weighted by molar-refractivity contribution is 7.59. The molecule has 110 valence electrons. The van der Waals surface area contributed by atoms with Crippen molar-refractivity contribution in [2.24, 2.45) is 0 Å². The molecule has 0 saturated heterocycles. The van der Waals surface area contributed by atoms with E-state index in [0.717, 1.165) is 5.69 Å². The van der Waals surface area contributed by atoms with Crippen LogP contribution >= 0.6 is 7.60 Å². The zero-order chi connectivity index (χ0) is 15.2. The van der Waals surface area contributed by atoms with E-state index in [4.69, 9.17) is 9.05 Å². The van der Waals surface area contributed by atoms with Crippen molar-refractivity contribution in [3.8, 4) is 6.07 Å². The minimum absolute atomic E-state index is 0.00278. The highest BCUT2D eigenvalue weighted by atomic mass is 31.2. The van der Waals surface area contributed by atoms with E-state index >= 15 is 0 Å². The Bertz CT molecular complexity index is 547. The number of rotatable bonds is 7. The molecule has 0 aliphatic rings. The molecular weight excluding hydrogens is 277 g/mol. The van der Waals surface area contributed by atoms with Crippen LogP contribution in [-0.4, -0.2) is 32.0 Å². The third-order valence-electron chi connectivity index (χ3n) is 2.48. The summed E-state index contributed by atoms with van der Waals surface area (Å²) >= 11 is 0. The molecule has 0 saturated carbocycles. The standard InChI is InChI=1S/C13H20N3O3P/c1-5-18-20(17,19-6-2)13(11-14)10-12-8-7-9-16(12)15(3)4/h7-10H,5-6H2,1-4H3/b13-10+. The van der Waals surface area contributed by atoms with Crippen LogP contribution in [0.3, 0.4) is 0 Å². The summed E-state index contributed by atoms with van der Waals surface area (Å²) in [7, 11) is 0.186. The van der Waals surface area contributed by atoms with Gasteiger partial charge in [0.25, 0.3) is 0 Å². The number of allylic oxidation sites excluding steroid dienone is 1. The summed E-state index contributed by atoms with van der Waals surface area (Å²) in [5, 5.41) is 11.1. The number of nitriles is 1. The Hall–Kier alpha value is -1.54. The Labute approximate surface area is 119 Å². The SMILES string of the molecule is CCOP(=O)(OCC)/C(C#N)=C/c1cccn1N(C)C. The number of nitrogens with zero attached hydrogens (tertiary/aromatic N) is 3. The molecule has 1 rings (SSSR count). The average molecular weight is 297 g/mol. The van der Waals surface area contributed by atoms with Gasteiger partial charge < -0.3 is 14.1 Å². The van der Waals surface area contributed by atoms with E-state index in [2.05, 4.69) is 0 Å². The Morgan fingerprint density at radius 2 is 2.05 bits per heavy atom. The first-order valence-electron chi connectivity index (χ1n) is 6.35. The van der Waals surface area contributed by atoms with Gasteiger partial charge in [-0.15, -0.1) is 0 Å². The van der Waals surface area contributed by atoms with Crippen LogP contribution in [-0.2, 0) is 13.6 Å². The van der Waals surface area contributed by atoms with Gasteiger partial charge in [0.2, 0.25) is 0 Å². The van der Waals surface area contributed by atoms with E-state index < -0.39 is 7.60 Å². The molecule has 0 N–H and O–H groups in total. The van der Waals surface area contributed by atoms with Gasteiger partial charge in [0.1, 0.15) is 11.4 Å². The zero-order valence-corrected chi connectivity index (χ0v) is 13.1. The fourth-order valence-corrected chi connectivity index (χ4v) is 3.14. The average Bonchev–Trinajstić information content (AvgIpc) is 2.84. The van der Waals surface area contributed by atoms with Gasteiger partial charge in [-0.25, -0.2) is 0 Å². The molecule has 1 heterocycles. The minimum Gasteiger partial charge on any atom is -0.319 e. The van der Waals surface area contributed by atoms with Crippen molar-refractivity contribution in [1.82, 2.24) is 4.68 Å². The summed E-state index contributed by atoms with van der Waals surface area (Å²) in [6, 6.07) is 5.59. The molecule has 0 bridgehead atoms. The maximum absolute atomic E-state index is 12.6. The summed E-state index contributed by atoms with van der Waals surface area (Å²) in [5.41, 5.74) is 0.728. The molecular formula is C13H20N3O3P. The van der Waals surface area contributed by atoms with E-state index in [1.807, 2.05) is 48.2 Å². The lowest BCUT2D eigenvalue weighted by atomic mass is 10.4. The van der Waals surface area contributed by atoms with Crippen molar-refractivity contribution in [1.29, 1.82) is 5.26 Å². The summed E-state index contributed by atoms with van der Waals surface area (Å²) in [5.74, 6) is 0. The Balaban J connectivity index is 3.23. The Morgan fingerprint density at radius 3 is 2.50 bits per heavy atom. The monoisotopic (exact) mass is 297 g/mol. The van der Waals surface area contributed by atoms with E-state index in [9.17, 15) is 9.83 Å². The minimum atomic E-state index is -3.55. The summed E-state index contributed by atoms with van der Waals surface area (Å²) in [4.78, 5) is 0. The molecule has 0 fully saturated rings. The molecule has 6 nitrogen and oxygen atoms in total. The highest BCUT2D eigenvalue weighted by Crippen LogP contribution is 2.56. The van der Waals surface area contributed by atoms with Gasteiger partial charge in [-0.3, -0.25) is 9.24 Å². The molecule has 0 unspecified atom stereocenters. The fourth-order valence-electron chi connectivity index (χ4n) is 1.69. The molecule has 0 radical (unpaired) electrons. The van der Waals surface area contributed by atoms with Gasteiger partial charge in [-0.2, -0.15) is 5.26 Å². The number of aromatic nitrogens is 1. The van der Waals surface area contributed by atoms with Gasteiger partial charge in [0.15, 0.2) is 0 Å².